The van der Waals surface area contributed by atoms with Gasteiger partial charge in [-0.2, -0.15) is 0 Å². The van der Waals surface area contributed by atoms with E-state index in [1.807, 2.05) is 24.3 Å². The number of aliphatic hydroxyl groups is 1. The average molecular weight is 298 g/mol. The number of hydrogen-bond acceptors (Lipinski definition) is 2. The average Bonchev–Trinajstić information content (AvgIpc) is 2.38. The Morgan fingerprint density at radius 3 is 2.88 bits per heavy atom. The summed E-state index contributed by atoms with van der Waals surface area (Å²) < 4.78 is 0.812. The molecule has 0 bridgehead atoms. The van der Waals surface area contributed by atoms with Gasteiger partial charge in [-0.3, -0.25) is 4.79 Å². The molecule has 1 heterocycles. The first-order valence-electron chi connectivity index (χ1n) is 5.90. The van der Waals surface area contributed by atoms with Gasteiger partial charge < -0.3 is 10.0 Å². The second-order valence-electron chi connectivity index (χ2n) is 4.31. The van der Waals surface area contributed by atoms with E-state index in [2.05, 4.69) is 15.9 Å². The third kappa shape index (κ3) is 2.69. The van der Waals surface area contributed by atoms with Gasteiger partial charge in [-0.05, 0) is 47.3 Å². The Kier molecular flexibility index (Phi) is 4.18. The summed E-state index contributed by atoms with van der Waals surface area (Å²) in [6.07, 6.45) is 3.00. The number of amides is 1. The highest BCUT2D eigenvalue weighted by Crippen LogP contribution is 2.23. The predicted octanol–water partition coefficient (Wildman–Crippen LogP) is 2.44. The quantitative estimate of drug-likeness (QED) is 0.911. The monoisotopic (exact) mass is 297 g/mol. The molecule has 1 atom stereocenters. The van der Waals surface area contributed by atoms with E-state index in [0.717, 1.165) is 30.3 Å². The number of benzene rings is 1. The van der Waals surface area contributed by atoms with Crippen LogP contribution in [0, 0.1) is 0 Å². The molecule has 3 nitrogen and oxygen atoms in total. The minimum atomic E-state index is -0.0247. The number of nitrogens with zero attached hydrogens (tertiary/aromatic N) is 1. The molecular formula is C13H16BrNO2. The van der Waals surface area contributed by atoms with E-state index in [-0.39, 0.29) is 18.6 Å². The number of piperidine rings is 1. The van der Waals surface area contributed by atoms with Crippen LogP contribution in [0.3, 0.4) is 0 Å². The predicted molar refractivity (Wildman–Crippen MR) is 69.9 cm³/mol. The van der Waals surface area contributed by atoms with Gasteiger partial charge in [0, 0.05) is 11.0 Å². The van der Waals surface area contributed by atoms with Crippen molar-refractivity contribution in [2.24, 2.45) is 0 Å². The van der Waals surface area contributed by atoms with Crippen LogP contribution in [0.5, 0.6) is 0 Å². The number of carbonyl (C=O) groups is 1. The lowest BCUT2D eigenvalue weighted by molar-refractivity contribution is 0.0502. The Bertz CT molecular complexity index is 408. The molecule has 1 amide bonds. The Hall–Kier alpha value is -0.870. The fraction of sp³-hybridized carbons (Fsp3) is 0.462. The van der Waals surface area contributed by atoms with Gasteiger partial charge in [0.1, 0.15) is 0 Å². The SMILES string of the molecule is O=C(c1ccccc1Br)N1CCCCC1CO. The molecule has 1 aliphatic rings. The van der Waals surface area contributed by atoms with E-state index in [1.165, 1.54) is 0 Å². The van der Waals surface area contributed by atoms with Crippen molar-refractivity contribution in [3.05, 3.63) is 34.3 Å². The van der Waals surface area contributed by atoms with E-state index in [0.29, 0.717) is 5.56 Å². The largest absolute Gasteiger partial charge is 0.394 e. The van der Waals surface area contributed by atoms with E-state index < -0.39 is 0 Å². The first kappa shape index (κ1) is 12.6. The van der Waals surface area contributed by atoms with Crippen LogP contribution in [0.4, 0.5) is 0 Å². The Morgan fingerprint density at radius 2 is 2.18 bits per heavy atom. The topological polar surface area (TPSA) is 40.5 Å². The van der Waals surface area contributed by atoms with Crippen LogP contribution >= 0.6 is 15.9 Å². The van der Waals surface area contributed by atoms with Crippen LogP contribution in [-0.4, -0.2) is 35.1 Å². The molecule has 92 valence electrons. The molecule has 0 saturated carbocycles. The molecule has 1 aromatic rings. The van der Waals surface area contributed by atoms with E-state index >= 15 is 0 Å². The summed E-state index contributed by atoms with van der Waals surface area (Å²) in [5.74, 6) is 0.0104. The highest BCUT2D eigenvalue weighted by Gasteiger charge is 2.27. The molecule has 4 heteroatoms. The molecule has 1 aromatic carbocycles. The molecule has 0 aromatic heterocycles. The van der Waals surface area contributed by atoms with Gasteiger partial charge in [0.15, 0.2) is 0 Å². The van der Waals surface area contributed by atoms with E-state index in [1.54, 1.807) is 4.90 Å². The van der Waals surface area contributed by atoms with Crippen molar-refractivity contribution in [2.45, 2.75) is 25.3 Å². The van der Waals surface area contributed by atoms with Crippen molar-refractivity contribution in [1.29, 1.82) is 0 Å². The Morgan fingerprint density at radius 1 is 1.41 bits per heavy atom. The number of likely N-dealkylation sites (tertiary alicyclic amines) is 1. The highest BCUT2D eigenvalue weighted by molar-refractivity contribution is 9.10. The molecule has 0 radical (unpaired) electrons. The van der Waals surface area contributed by atoms with Crippen LogP contribution in [0.2, 0.25) is 0 Å². The maximum absolute atomic E-state index is 12.4. The van der Waals surface area contributed by atoms with Crippen LogP contribution in [0.15, 0.2) is 28.7 Å². The summed E-state index contributed by atoms with van der Waals surface area (Å²) in [6.45, 7) is 0.793. The van der Waals surface area contributed by atoms with Crippen LogP contribution in [0.1, 0.15) is 29.6 Å². The summed E-state index contributed by atoms with van der Waals surface area (Å²) in [5.41, 5.74) is 0.674. The molecule has 0 aliphatic carbocycles. The van der Waals surface area contributed by atoms with Crippen molar-refractivity contribution in [3.8, 4) is 0 Å². The van der Waals surface area contributed by atoms with Gasteiger partial charge in [0.2, 0.25) is 0 Å². The zero-order valence-corrected chi connectivity index (χ0v) is 11.2. The molecule has 1 saturated heterocycles. The third-order valence-corrected chi connectivity index (χ3v) is 3.89. The molecule has 1 fully saturated rings. The van der Waals surface area contributed by atoms with Gasteiger partial charge >= 0.3 is 0 Å². The van der Waals surface area contributed by atoms with Gasteiger partial charge in [-0.15, -0.1) is 0 Å². The lowest BCUT2D eigenvalue weighted by Gasteiger charge is -2.34. The van der Waals surface area contributed by atoms with Gasteiger partial charge in [-0.25, -0.2) is 0 Å². The summed E-state index contributed by atoms with van der Waals surface area (Å²) in [4.78, 5) is 14.2. The third-order valence-electron chi connectivity index (χ3n) is 3.20. The molecule has 1 aliphatic heterocycles. The maximum atomic E-state index is 12.4. The van der Waals surface area contributed by atoms with Crippen molar-refractivity contribution in [2.75, 3.05) is 13.2 Å². The van der Waals surface area contributed by atoms with Crippen molar-refractivity contribution < 1.29 is 9.90 Å². The molecule has 17 heavy (non-hydrogen) atoms. The van der Waals surface area contributed by atoms with Gasteiger partial charge in [-0.1, -0.05) is 12.1 Å². The number of hydrogen-bond donors (Lipinski definition) is 1. The second kappa shape index (κ2) is 5.65. The van der Waals surface area contributed by atoms with Crippen LogP contribution in [0.25, 0.3) is 0 Å². The first-order valence-corrected chi connectivity index (χ1v) is 6.69. The molecule has 0 spiro atoms. The number of aliphatic hydroxyl groups excluding tert-OH is 1. The van der Waals surface area contributed by atoms with E-state index in [9.17, 15) is 9.90 Å². The Labute approximate surface area is 110 Å². The highest BCUT2D eigenvalue weighted by atomic mass is 79.9. The van der Waals surface area contributed by atoms with Crippen molar-refractivity contribution in [3.63, 3.8) is 0 Å². The minimum absolute atomic E-state index is 0.0104. The van der Waals surface area contributed by atoms with Crippen molar-refractivity contribution >= 4 is 21.8 Å². The van der Waals surface area contributed by atoms with E-state index in [4.69, 9.17) is 0 Å². The Balaban J connectivity index is 2.21. The lowest BCUT2D eigenvalue weighted by Crippen LogP contribution is -2.45. The fourth-order valence-corrected chi connectivity index (χ4v) is 2.70. The minimum Gasteiger partial charge on any atom is -0.394 e. The summed E-state index contributed by atoms with van der Waals surface area (Å²) in [7, 11) is 0. The smallest absolute Gasteiger partial charge is 0.255 e. The molecule has 1 unspecified atom stereocenters. The lowest BCUT2D eigenvalue weighted by atomic mass is 10.0. The van der Waals surface area contributed by atoms with Gasteiger partial charge in [0.05, 0.1) is 18.2 Å². The molecule has 2 rings (SSSR count). The van der Waals surface area contributed by atoms with Crippen molar-refractivity contribution in [1.82, 2.24) is 4.90 Å². The zero-order chi connectivity index (χ0) is 12.3. The molecule has 1 N–H and O–H groups in total. The zero-order valence-electron chi connectivity index (χ0n) is 9.60. The summed E-state index contributed by atoms with van der Waals surface area (Å²) in [5, 5.41) is 9.32. The number of rotatable bonds is 2. The molecular weight excluding hydrogens is 282 g/mol. The maximum Gasteiger partial charge on any atom is 0.255 e. The normalized spacial score (nSPS) is 20.4. The van der Waals surface area contributed by atoms with Crippen LogP contribution in [-0.2, 0) is 0 Å². The number of halogens is 1. The van der Waals surface area contributed by atoms with Gasteiger partial charge in [0.25, 0.3) is 5.91 Å². The first-order chi connectivity index (χ1) is 8.24. The second-order valence-corrected chi connectivity index (χ2v) is 5.16. The summed E-state index contributed by atoms with van der Waals surface area (Å²) >= 11 is 3.40. The number of carbonyl (C=O) groups excluding carboxylic acids is 1. The fourth-order valence-electron chi connectivity index (χ4n) is 2.25. The standard InChI is InChI=1S/C13H16BrNO2/c14-12-7-2-1-6-11(12)13(17)15-8-4-3-5-10(15)9-16/h1-2,6-7,10,16H,3-5,8-9H2. The van der Waals surface area contributed by atoms with Crippen LogP contribution < -0.4 is 0 Å². The summed E-state index contributed by atoms with van der Waals surface area (Å²) in [6, 6.07) is 7.40.